The fourth-order valence-corrected chi connectivity index (χ4v) is 1.85. The predicted molar refractivity (Wildman–Crippen MR) is 57.6 cm³/mol. The molecule has 2 nitrogen and oxygen atoms in total. The molecular weight excluding hydrogens is 160 g/mol. The van der Waals surface area contributed by atoms with Crippen LogP contribution in [0.4, 0.5) is 0 Å². The quantitative estimate of drug-likeness (QED) is 0.683. The molecule has 0 heterocycles. The van der Waals surface area contributed by atoms with Crippen LogP contribution in [0.3, 0.4) is 0 Å². The zero-order valence-electron chi connectivity index (χ0n) is 9.27. The highest BCUT2D eigenvalue weighted by atomic mass is 15.0. The topological polar surface area (TPSA) is 38.0 Å². The van der Waals surface area contributed by atoms with Gasteiger partial charge in [-0.2, -0.15) is 0 Å². The Hall–Kier alpha value is -0.0800. The van der Waals surface area contributed by atoms with Gasteiger partial charge in [-0.25, -0.2) is 0 Å². The number of rotatable bonds is 5. The van der Waals surface area contributed by atoms with Gasteiger partial charge in [-0.1, -0.05) is 13.8 Å². The molecule has 13 heavy (non-hydrogen) atoms. The number of hydrogen-bond donors (Lipinski definition) is 2. The fraction of sp³-hybridized carbons (Fsp3) is 1.00. The van der Waals surface area contributed by atoms with Gasteiger partial charge in [0.1, 0.15) is 0 Å². The molecule has 1 saturated carbocycles. The summed E-state index contributed by atoms with van der Waals surface area (Å²) in [4.78, 5) is 0. The summed E-state index contributed by atoms with van der Waals surface area (Å²) in [7, 11) is 0. The zero-order valence-corrected chi connectivity index (χ0v) is 9.27. The fourth-order valence-electron chi connectivity index (χ4n) is 1.85. The van der Waals surface area contributed by atoms with Crippen molar-refractivity contribution < 1.29 is 0 Å². The monoisotopic (exact) mass is 184 g/mol. The van der Waals surface area contributed by atoms with Gasteiger partial charge >= 0.3 is 0 Å². The van der Waals surface area contributed by atoms with Crippen LogP contribution >= 0.6 is 0 Å². The van der Waals surface area contributed by atoms with E-state index in [1.165, 1.54) is 19.3 Å². The second-order valence-electron chi connectivity index (χ2n) is 5.03. The molecule has 1 aliphatic carbocycles. The van der Waals surface area contributed by atoms with Gasteiger partial charge in [0.15, 0.2) is 0 Å². The standard InChI is InChI=1S/C11H24N2/c1-9(2)10(7-12)8-13-11(3)5-4-6-11/h9-10,13H,4-8,12H2,1-3H3. The summed E-state index contributed by atoms with van der Waals surface area (Å²) in [6.45, 7) is 8.72. The van der Waals surface area contributed by atoms with Crippen molar-refractivity contribution in [2.24, 2.45) is 17.6 Å². The first kappa shape index (κ1) is 11.0. The van der Waals surface area contributed by atoms with Crippen molar-refractivity contribution >= 4 is 0 Å². The van der Waals surface area contributed by atoms with Gasteiger partial charge in [0.2, 0.25) is 0 Å². The van der Waals surface area contributed by atoms with E-state index in [-0.39, 0.29) is 0 Å². The highest BCUT2D eigenvalue weighted by molar-refractivity contribution is 4.92. The Labute approximate surface area is 82.3 Å². The Morgan fingerprint density at radius 1 is 1.38 bits per heavy atom. The van der Waals surface area contributed by atoms with Gasteiger partial charge in [-0.3, -0.25) is 0 Å². The molecule has 1 aliphatic rings. The van der Waals surface area contributed by atoms with E-state index in [0.717, 1.165) is 13.1 Å². The lowest BCUT2D eigenvalue weighted by molar-refractivity contribution is 0.189. The predicted octanol–water partition coefficient (Wildman–Crippen LogP) is 1.75. The van der Waals surface area contributed by atoms with Crippen LogP contribution in [-0.2, 0) is 0 Å². The van der Waals surface area contributed by atoms with E-state index in [4.69, 9.17) is 5.73 Å². The molecule has 1 rings (SSSR count). The Balaban J connectivity index is 2.23. The molecule has 0 radical (unpaired) electrons. The lowest BCUT2D eigenvalue weighted by Gasteiger charge is -2.40. The maximum absolute atomic E-state index is 5.72. The summed E-state index contributed by atoms with van der Waals surface area (Å²) in [6.07, 6.45) is 4.06. The molecule has 2 heteroatoms. The molecule has 0 saturated heterocycles. The van der Waals surface area contributed by atoms with Crippen LogP contribution in [-0.4, -0.2) is 18.6 Å². The van der Waals surface area contributed by atoms with Crippen LogP contribution in [0.5, 0.6) is 0 Å². The second-order valence-corrected chi connectivity index (χ2v) is 5.03. The van der Waals surface area contributed by atoms with Gasteiger partial charge in [-0.15, -0.1) is 0 Å². The minimum absolute atomic E-state index is 0.433. The van der Waals surface area contributed by atoms with E-state index in [2.05, 4.69) is 26.1 Å². The maximum atomic E-state index is 5.72. The summed E-state index contributed by atoms with van der Waals surface area (Å²) < 4.78 is 0. The van der Waals surface area contributed by atoms with Gasteiger partial charge in [0.25, 0.3) is 0 Å². The number of nitrogens with two attached hydrogens (primary N) is 1. The molecule has 1 unspecified atom stereocenters. The van der Waals surface area contributed by atoms with Crippen LogP contribution in [0.15, 0.2) is 0 Å². The molecule has 1 fully saturated rings. The molecule has 3 N–H and O–H groups in total. The van der Waals surface area contributed by atoms with Crippen LogP contribution in [0, 0.1) is 11.8 Å². The van der Waals surface area contributed by atoms with Crippen molar-refractivity contribution in [3.05, 3.63) is 0 Å². The van der Waals surface area contributed by atoms with E-state index < -0.39 is 0 Å². The summed E-state index contributed by atoms with van der Waals surface area (Å²) in [6, 6.07) is 0. The number of nitrogens with one attached hydrogen (secondary N) is 1. The van der Waals surface area contributed by atoms with Crippen molar-refractivity contribution in [2.45, 2.75) is 45.6 Å². The third-order valence-electron chi connectivity index (χ3n) is 3.49. The van der Waals surface area contributed by atoms with Gasteiger partial charge in [0, 0.05) is 5.54 Å². The largest absolute Gasteiger partial charge is 0.330 e. The van der Waals surface area contributed by atoms with E-state index in [9.17, 15) is 0 Å². The molecule has 0 aliphatic heterocycles. The first-order chi connectivity index (χ1) is 6.07. The molecule has 0 bridgehead atoms. The van der Waals surface area contributed by atoms with Crippen molar-refractivity contribution in [1.82, 2.24) is 5.32 Å². The van der Waals surface area contributed by atoms with Crippen LogP contribution in [0.25, 0.3) is 0 Å². The molecule has 0 amide bonds. The lowest BCUT2D eigenvalue weighted by Crippen LogP contribution is -2.51. The Kier molecular flexibility index (Phi) is 3.74. The molecule has 1 atom stereocenters. The zero-order chi connectivity index (χ0) is 9.90. The smallest absolute Gasteiger partial charge is 0.0153 e. The van der Waals surface area contributed by atoms with Crippen molar-refractivity contribution in [3.63, 3.8) is 0 Å². The van der Waals surface area contributed by atoms with E-state index in [1.54, 1.807) is 0 Å². The average Bonchev–Trinajstić information content (AvgIpc) is 2.02. The minimum Gasteiger partial charge on any atom is -0.330 e. The third-order valence-corrected chi connectivity index (χ3v) is 3.49. The molecule has 0 aromatic heterocycles. The van der Waals surface area contributed by atoms with Crippen molar-refractivity contribution in [1.29, 1.82) is 0 Å². The summed E-state index contributed by atoms with van der Waals surface area (Å²) in [5.41, 5.74) is 6.16. The molecule has 0 spiro atoms. The molecular formula is C11H24N2. The van der Waals surface area contributed by atoms with E-state index in [0.29, 0.717) is 17.4 Å². The normalized spacial score (nSPS) is 22.8. The summed E-state index contributed by atoms with van der Waals surface area (Å²) >= 11 is 0. The van der Waals surface area contributed by atoms with Gasteiger partial charge in [-0.05, 0) is 51.1 Å². The minimum atomic E-state index is 0.433. The Bertz CT molecular complexity index is 150. The van der Waals surface area contributed by atoms with Gasteiger partial charge in [0.05, 0.1) is 0 Å². The van der Waals surface area contributed by atoms with Crippen LogP contribution in [0.1, 0.15) is 40.0 Å². The Morgan fingerprint density at radius 3 is 2.31 bits per heavy atom. The Morgan fingerprint density at radius 2 is 2.00 bits per heavy atom. The molecule has 0 aromatic carbocycles. The van der Waals surface area contributed by atoms with Crippen molar-refractivity contribution in [3.8, 4) is 0 Å². The van der Waals surface area contributed by atoms with Crippen LogP contribution in [0.2, 0.25) is 0 Å². The highest BCUT2D eigenvalue weighted by Crippen LogP contribution is 2.31. The van der Waals surface area contributed by atoms with Crippen LogP contribution < -0.4 is 11.1 Å². The molecule has 78 valence electrons. The van der Waals surface area contributed by atoms with E-state index >= 15 is 0 Å². The summed E-state index contributed by atoms with van der Waals surface area (Å²) in [5, 5.41) is 3.65. The highest BCUT2D eigenvalue weighted by Gasteiger charge is 2.31. The summed E-state index contributed by atoms with van der Waals surface area (Å²) in [5.74, 6) is 1.33. The van der Waals surface area contributed by atoms with Crippen molar-refractivity contribution in [2.75, 3.05) is 13.1 Å². The first-order valence-corrected chi connectivity index (χ1v) is 5.52. The lowest BCUT2D eigenvalue weighted by atomic mass is 9.78. The number of hydrogen-bond acceptors (Lipinski definition) is 2. The second kappa shape index (κ2) is 4.43. The first-order valence-electron chi connectivity index (χ1n) is 5.52. The van der Waals surface area contributed by atoms with Gasteiger partial charge < -0.3 is 11.1 Å². The average molecular weight is 184 g/mol. The third kappa shape index (κ3) is 2.96. The molecule has 0 aromatic rings. The van der Waals surface area contributed by atoms with E-state index in [1.807, 2.05) is 0 Å². The SMILES string of the molecule is CC(C)C(CN)CNC1(C)CCC1. The maximum Gasteiger partial charge on any atom is 0.0153 e.